The quantitative estimate of drug-likeness (QED) is 0.357. The predicted octanol–water partition coefficient (Wildman–Crippen LogP) is 4.65. The number of carbonyl (C=O) groups excluding carboxylic acids is 2. The molecule has 240 valence electrons. The zero-order chi connectivity index (χ0) is 32.5. The third-order valence-corrected chi connectivity index (χ3v) is 7.97. The van der Waals surface area contributed by atoms with Crippen LogP contribution in [-0.2, 0) is 26.1 Å². The van der Waals surface area contributed by atoms with E-state index in [0.717, 1.165) is 21.3 Å². The SMILES string of the molecule is CCn1cc(S(=O)(=O)N2C[C@H](CC(C)(C)NC(C)=O)Oc3ccc(NC(=O)OC(C)(C)C(F)(F)F)cc32)c(OC(F)F)n1. The van der Waals surface area contributed by atoms with E-state index in [1.165, 1.54) is 19.1 Å². The number of hydrogen-bond acceptors (Lipinski definition) is 8. The molecule has 1 aliphatic rings. The molecule has 1 atom stereocenters. The van der Waals surface area contributed by atoms with E-state index in [-0.39, 0.29) is 36.0 Å². The number of aromatic nitrogens is 2. The summed E-state index contributed by atoms with van der Waals surface area (Å²) in [6.07, 6.45) is -6.11. The van der Waals surface area contributed by atoms with E-state index in [1.807, 2.05) is 0 Å². The van der Waals surface area contributed by atoms with Crippen LogP contribution in [-0.4, -0.2) is 66.8 Å². The van der Waals surface area contributed by atoms with E-state index in [0.29, 0.717) is 13.8 Å². The number of benzene rings is 1. The second-order valence-corrected chi connectivity index (χ2v) is 12.6. The van der Waals surface area contributed by atoms with Crippen LogP contribution in [0, 0.1) is 0 Å². The van der Waals surface area contributed by atoms with E-state index < -0.39 is 63.5 Å². The number of carbonyl (C=O) groups is 2. The molecule has 0 saturated carbocycles. The smallest absolute Gasteiger partial charge is 0.427 e. The summed E-state index contributed by atoms with van der Waals surface area (Å²) in [5.41, 5.74) is -4.03. The van der Waals surface area contributed by atoms with Gasteiger partial charge in [-0.05, 0) is 52.8 Å². The lowest BCUT2D eigenvalue weighted by Crippen LogP contribution is -2.50. The molecule has 2 N–H and O–H groups in total. The van der Waals surface area contributed by atoms with Crippen molar-refractivity contribution in [1.82, 2.24) is 15.1 Å². The Hall–Kier alpha value is -3.83. The minimum Gasteiger partial charge on any atom is -0.486 e. The van der Waals surface area contributed by atoms with Gasteiger partial charge in [0, 0.05) is 37.3 Å². The number of nitrogens with zero attached hydrogens (tertiary/aromatic N) is 3. The van der Waals surface area contributed by atoms with Gasteiger partial charge in [0.05, 0.1) is 12.2 Å². The number of alkyl halides is 5. The van der Waals surface area contributed by atoms with Gasteiger partial charge in [-0.3, -0.25) is 19.1 Å². The summed E-state index contributed by atoms with van der Waals surface area (Å²) in [6, 6.07) is 3.63. The zero-order valence-corrected chi connectivity index (χ0v) is 24.9. The summed E-state index contributed by atoms with van der Waals surface area (Å²) in [5, 5.41) is 8.63. The van der Waals surface area contributed by atoms with Crippen LogP contribution in [0.4, 0.5) is 38.1 Å². The van der Waals surface area contributed by atoms with Gasteiger partial charge in [-0.1, -0.05) is 0 Å². The lowest BCUT2D eigenvalue weighted by molar-refractivity contribution is -0.242. The van der Waals surface area contributed by atoms with Crippen molar-refractivity contribution in [2.75, 3.05) is 16.2 Å². The lowest BCUT2D eigenvalue weighted by Gasteiger charge is -2.38. The minimum atomic E-state index is -4.88. The first-order chi connectivity index (χ1) is 19.6. The first kappa shape index (κ1) is 33.7. The number of anilines is 2. The van der Waals surface area contributed by atoms with Crippen LogP contribution in [0.2, 0.25) is 0 Å². The Labute approximate surface area is 244 Å². The summed E-state index contributed by atoms with van der Waals surface area (Å²) < 4.78 is 111. The highest BCUT2D eigenvalue weighted by Crippen LogP contribution is 2.42. The van der Waals surface area contributed by atoms with Gasteiger partial charge in [-0.25, -0.2) is 13.2 Å². The molecule has 0 fully saturated rings. The number of amides is 2. The summed E-state index contributed by atoms with van der Waals surface area (Å²) in [5.74, 6) is -1.22. The third-order valence-electron chi connectivity index (χ3n) is 6.21. The van der Waals surface area contributed by atoms with Gasteiger partial charge in [0.1, 0.15) is 11.9 Å². The second-order valence-electron chi connectivity index (χ2n) is 10.8. The molecule has 12 nitrogen and oxygen atoms in total. The van der Waals surface area contributed by atoms with E-state index >= 15 is 0 Å². The van der Waals surface area contributed by atoms with Gasteiger partial charge in [0.2, 0.25) is 11.5 Å². The van der Waals surface area contributed by atoms with Crippen molar-refractivity contribution < 1.29 is 54.2 Å². The van der Waals surface area contributed by atoms with Gasteiger partial charge in [0.15, 0.2) is 4.90 Å². The highest BCUT2D eigenvalue weighted by atomic mass is 32.2. The second kappa shape index (κ2) is 12.0. The molecule has 0 aliphatic carbocycles. The van der Waals surface area contributed by atoms with Gasteiger partial charge in [-0.2, -0.15) is 22.0 Å². The number of fused-ring (bicyclic) bond motifs is 1. The maximum Gasteiger partial charge on any atom is 0.427 e. The molecule has 0 unspecified atom stereocenters. The average molecular weight is 642 g/mol. The van der Waals surface area contributed by atoms with Crippen molar-refractivity contribution in [3.05, 3.63) is 24.4 Å². The van der Waals surface area contributed by atoms with Crippen LogP contribution >= 0.6 is 0 Å². The van der Waals surface area contributed by atoms with Crippen LogP contribution in [0.15, 0.2) is 29.3 Å². The molecule has 0 bridgehead atoms. The minimum absolute atomic E-state index is 0.0211. The molecule has 0 radical (unpaired) electrons. The average Bonchev–Trinajstić information content (AvgIpc) is 3.24. The third kappa shape index (κ3) is 7.97. The fraction of sp³-hybridized carbons (Fsp3) is 0.560. The molecule has 18 heteroatoms. The molecule has 43 heavy (non-hydrogen) atoms. The van der Waals surface area contributed by atoms with Crippen LogP contribution in [0.1, 0.15) is 48.0 Å². The summed E-state index contributed by atoms with van der Waals surface area (Å²) in [6.45, 7) is 3.92. The van der Waals surface area contributed by atoms with E-state index in [4.69, 9.17) is 4.74 Å². The number of hydrogen-bond donors (Lipinski definition) is 2. The van der Waals surface area contributed by atoms with E-state index in [1.54, 1.807) is 20.8 Å². The number of nitrogens with one attached hydrogen (secondary N) is 2. The van der Waals surface area contributed by atoms with Crippen LogP contribution in [0.5, 0.6) is 11.6 Å². The van der Waals surface area contributed by atoms with Crippen molar-refractivity contribution in [2.24, 2.45) is 0 Å². The first-order valence-corrected chi connectivity index (χ1v) is 14.3. The normalized spacial score (nSPS) is 15.9. The summed E-state index contributed by atoms with van der Waals surface area (Å²) in [7, 11) is -4.71. The number of sulfonamides is 1. The Bertz CT molecular complexity index is 1460. The molecule has 0 saturated heterocycles. The highest BCUT2D eigenvalue weighted by Gasteiger charge is 2.51. The monoisotopic (exact) mass is 641 g/mol. The Morgan fingerprint density at radius 3 is 2.40 bits per heavy atom. The van der Waals surface area contributed by atoms with Gasteiger partial charge < -0.3 is 19.5 Å². The van der Waals surface area contributed by atoms with Crippen molar-refractivity contribution in [3.63, 3.8) is 0 Å². The highest BCUT2D eigenvalue weighted by molar-refractivity contribution is 7.93. The van der Waals surface area contributed by atoms with Gasteiger partial charge in [0.25, 0.3) is 15.9 Å². The topological polar surface area (TPSA) is 141 Å². The zero-order valence-electron chi connectivity index (χ0n) is 24.1. The number of halogens is 5. The summed E-state index contributed by atoms with van der Waals surface area (Å²) in [4.78, 5) is 23.3. The van der Waals surface area contributed by atoms with Crippen LogP contribution < -0.4 is 24.4 Å². The van der Waals surface area contributed by atoms with E-state index in [9.17, 15) is 40.0 Å². The predicted molar refractivity (Wildman–Crippen MR) is 143 cm³/mol. The van der Waals surface area contributed by atoms with Gasteiger partial charge in [-0.15, -0.1) is 5.10 Å². The van der Waals surface area contributed by atoms with Crippen molar-refractivity contribution >= 4 is 33.4 Å². The van der Waals surface area contributed by atoms with Crippen molar-refractivity contribution in [2.45, 2.75) is 89.4 Å². The number of ether oxygens (including phenoxy) is 3. The standard InChI is InChI=1S/C25H32F5N5O7S/c1-7-34-13-19(20(33-34)41-21(26)27)43(38,39)35-12-16(11-23(3,4)32-14(2)36)40-18-9-8-15(10-17(18)35)31-22(37)42-24(5,6)25(28,29)30/h8-10,13,16,21H,7,11-12H2,1-6H3,(H,31,37)(H,32,36)/t16-/m0/s1. The first-order valence-electron chi connectivity index (χ1n) is 12.9. The van der Waals surface area contributed by atoms with Crippen molar-refractivity contribution in [1.29, 1.82) is 0 Å². The molecule has 3 rings (SSSR count). The Balaban J connectivity index is 2.06. The number of rotatable bonds is 10. The van der Waals surface area contributed by atoms with E-state index in [2.05, 4.69) is 25.2 Å². The number of aryl methyl sites for hydroxylation is 1. The molecular formula is C25H32F5N5O7S. The fourth-order valence-corrected chi connectivity index (χ4v) is 5.83. The molecule has 1 aromatic carbocycles. The summed E-state index contributed by atoms with van der Waals surface area (Å²) >= 11 is 0. The Kier molecular flexibility index (Phi) is 9.43. The molecule has 1 aromatic heterocycles. The molecule has 1 aliphatic heterocycles. The Morgan fingerprint density at radius 1 is 1.19 bits per heavy atom. The van der Waals surface area contributed by atoms with Crippen LogP contribution in [0.3, 0.4) is 0 Å². The Morgan fingerprint density at radius 2 is 1.84 bits per heavy atom. The lowest BCUT2D eigenvalue weighted by atomic mass is 9.95. The molecule has 2 aromatic rings. The molecule has 2 heterocycles. The fourth-order valence-electron chi connectivity index (χ4n) is 4.26. The van der Waals surface area contributed by atoms with Gasteiger partial charge >= 0.3 is 18.9 Å². The molecular weight excluding hydrogens is 609 g/mol. The largest absolute Gasteiger partial charge is 0.486 e. The maximum absolute atomic E-state index is 14.0. The van der Waals surface area contributed by atoms with Crippen LogP contribution in [0.25, 0.3) is 0 Å². The molecule has 2 amide bonds. The molecule has 0 spiro atoms. The maximum atomic E-state index is 14.0. The van der Waals surface area contributed by atoms with Crippen molar-refractivity contribution in [3.8, 4) is 11.6 Å².